The molecule has 1 unspecified atom stereocenters. The minimum absolute atomic E-state index is 0.404. The number of hydrogen-bond donors (Lipinski definition) is 1. The van der Waals surface area contributed by atoms with Crippen molar-refractivity contribution in [3.63, 3.8) is 0 Å². The summed E-state index contributed by atoms with van der Waals surface area (Å²) in [4.78, 5) is 12.0. The van der Waals surface area contributed by atoms with Crippen LogP contribution in [-0.4, -0.2) is 28.8 Å². The monoisotopic (exact) mass is 388 g/mol. The third-order valence-corrected chi connectivity index (χ3v) is 6.69. The third kappa shape index (κ3) is 3.78. The molecular formula is C20H24N2O4S. The number of fused-ring (bicyclic) bond motifs is 1. The van der Waals surface area contributed by atoms with E-state index in [4.69, 9.17) is 4.74 Å². The van der Waals surface area contributed by atoms with Crippen molar-refractivity contribution >= 4 is 32.7 Å². The number of anilines is 1. The van der Waals surface area contributed by atoms with Crippen molar-refractivity contribution in [3.8, 4) is 0 Å². The highest BCUT2D eigenvalue weighted by Crippen LogP contribution is 2.32. The quantitative estimate of drug-likeness (QED) is 0.843. The summed E-state index contributed by atoms with van der Waals surface area (Å²) in [7, 11) is -3.68. The molecule has 6 nitrogen and oxygen atoms in total. The molecule has 0 bridgehead atoms. The van der Waals surface area contributed by atoms with Gasteiger partial charge in [0, 0.05) is 17.3 Å². The van der Waals surface area contributed by atoms with Crippen LogP contribution in [-0.2, 0) is 14.8 Å². The predicted molar refractivity (Wildman–Crippen MR) is 107 cm³/mol. The second-order valence-electron chi connectivity index (χ2n) is 7.82. The van der Waals surface area contributed by atoms with E-state index in [1.807, 2.05) is 12.2 Å². The number of allylic oxidation sites excluding steroid dienone is 3. The fraction of sp³-hybridized carbons (Fsp3) is 0.350. The number of nitrogens with one attached hydrogen (secondary N) is 1. The van der Waals surface area contributed by atoms with Gasteiger partial charge in [-0.05, 0) is 52.3 Å². The zero-order chi connectivity index (χ0) is 19.9. The molecular weight excluding hydrogens is 364 g/mol. The average Bonchev–Trinajstić information content (AvgIpc) is 2.97. The standard InChI is InChI=1S/C20H24N2O4S/c1-19(2,3)26-18(23)21-16-9-8-15-10-13-22(17(15)14-16)27(24,25)20(4)11-6-5-7-12-20/h5-11,13-14H,12H2,1-4H3,(H,21,23). The maximum atomic E-state index is 13.3. The van der Waals surface area contributed by atoms with Gasteiger partial charge in [0.1, 0.15) is 10.3 Å². The van der Waals surface area contributed by atoms with E-state index < -0.39 is 26.5 Å². The Morgan fingerprint density at radius 1 is 1.22 bits per heavy atom. The number of ether oxygens (including phenoxy) is 1. The lowest BCUT2D eigenvalue weighted by atomic mass is 10.0. The molecule has 3 rings (SSSR count). The molecule has 0 fully saturated rings. The van der Waals surface area contributed by atoms with Crippen molar-refractivity contribution in [2.24, 2.45) is 0 Å². The Morgan fingerprint density at radius 2 is 1.96 bits per heavy atom. The predicted octanol–water partition coefficient (Wildman–Crippen LogP) is 4.44. The first-order valence-electron chi connectivity index (χ1n) is 8.72. The van der Waals surface area contributed by atoms with E-state index in [9.17, 15) is 13.2 Å². The molecule has 27 heavy (non-hydrogen) atoms. The minimum atomic E-state index is -3.68. The number of aromatic nitrogens is 1. The second-order valence-corrected chi connectivity index (χ2v) is 10.1. The summed E-state index contributed by atoms with van der Waals surface area (Å²) in [6.07, 6.45) is 8.51. The summed E-state index contributed by atoms with van der Waals surface area (Å²) >= 11 is 0. The fourth-order valence-corrected chi connectivity index (χ4v) is 4.58. The van der Waals surface area contributed by atoms with Gasteiger partial charge in [0.15, 0.2) is 0 Å². The number of benzene rings is 1. The first-order valence-corrected chi connectivity index (χ1v) is 10.2. The number of carbonyl (C=O) groups is 1. The Labute approximate surface area is 159 Å². The normalized spacial score (nSPS) is 20.0. The first kappa shape index (κ1) is 19.2. The molecule has 0 aliphatic heterocycles. The zero-order valence-electron chi connectivity index (χ0n) is 15.9. The number of hydrogen-bond acceptors (Lipinski definition) is 4. The Hall–Kier alpha value is -2.54. The molecule has 0 saturated heterocycles. The van der Waals surface area contributed by atoms with Gasteiger partial charge in [-0.15, -0.1) is 0 Å². The van der Waals surface area contributed by atoms with Gasteiger partial charge in [-0.1, -0.05) is 30.4 Å². The summed E-state index contributed by atoms with van der Waals surface area (Å²) in [5.74, 6) is 0. The van der Waals surface area contributed by atoms with E-state index in [0.717, 1.165) is 5.39 Å². The van der Waals surface area contributed by atoms with E-state index in [1.165, 1.54) is 3.97 Å². The highest BCUT2D eigenvalue weighted by molar-refractivity contribution is 7.91. The highest BCUT2D eigenvalue weighted by atomic mass is 32.2. The Morgan fingerprint density at radius 3 is 2.59 bits per heavy atom. The lowest BCUT2D eigenvalue weighted by Crippen LogP contribution is -2.37. The van der Waals surface area contributed by atoms with Gasteiger partial charge < -0.3 is 4.74 Å². The van der Waals surface area contributed by atoms with Gasteiger partial charge >= 0.3 is 6.09 Å². The van der Waals surface area contributed by atoms with Gasteiger partial charge in [0.25, 0.3) is 0 Å². The zero-order valence-corrected chi connectivity index (χ0v) is 16.7. The van der Waals surface area contributed by atoms with Crippen molar-refractivity contribution in [1.29, 1.82) is 0 Å². The van der Waals surface area contributed by atoms with E-state index >= 15 is 0 Å². The van der Waals surface area contributed by atoms with Gasteiger partial charge in [-0.2, -0.15) is 0 Å². The molecule has 1 amide bonds. The Bertz CT molecular complexity index is 1040. The summed E-state index contributed by atoms with van der Waals surface area (Å²) < 4.78 is 32.1. The number of nitrogens with zero attached hydrogens (tertiary/aromatic N) is 1. The molecule has 2 aromatic rings. The maximum absolute atomic E-state index is 13.3. The average molecular weight is 388 g/mol. The third-order valence-electron chi connectivity index (χ3n) is 4.37. The molecule has 1 atom stereocenters. The van der Waals surface area contributed by atoms with Gasteiger partial charge in [-0.25, -0.2) is 17.2 Å². The molecule has 1 N–H and O–H groups in total. The van der Waals surface area contributed by atoms with Crippen LogP contribution in [0.15, 0.2) is 54.8 Å². The van der Waals surface area contributed by atoms with E-state index in [2.05, 4.69) is 5.32 Å². The molecule has 1 aliphatic carbocycles. The SMILES string of the molecule is CC(C)(C)OC(=O)Nc1ccc2ccn(S(=O)(=O)C3(C)C=CC=CC3)c2c1. The van der Waals surface area contributed by atoms with Crippen LogP contribution in [0.1, 0.15) is 34.1 Å². The maximum Gasteiger partial charge on any atom is 0.412 e. The number of carbonyl (C=O) groups excluding carboxylic acids is 1. The Balaban J connectivity index is 1.97. The van der Waals surface area contributed by atoms with Crippen molar-refractivity contribution in [3.05, 3.63) is 54.8 Å². The number of rotatable bonds is 3. The molecule has 0 saturated carbocycles. The molecule has 1 aromatic carbocycles. The van der Waals surface area contributed by atoms with Crippen LogP contribution in [0.2, 0.25) is 0 Å². The molecule has 1 heterocycles. The van der Waals surface area contributed by atoms with Crippen LogP contribution in [0.25, 0.3) is 10.9 Å². The molecule has 0 radical (unpaired) electrons. The summed E-state index contributed by atoms with van der Waals surface area (Å²) in [6, 6.07) is 6.87. The Kier molecular flexibility index (Phi) is 4.67. The van der Waals surface area contributed by atoms with Crippen molar-refractivity contribution in [1.82, 2.24) is 3.97 Å². The highest BCUT2D eigenvalue weighted by Gasteiger charge is 2.38. The molecule has 0 spiro atoms. The topological polar surface area (TPSA) is 77.4 Å². The van der Waals surface area contributed by atoms with Crippen LogP contribution in [0, 0.1) is 0 Å². The van der Waals surface area contributed by atoms with E-state index in [0.29, 0.717) is 17.6 Å². The second kappa shape index (κ2) is 6.56. The fourth-order valence-electron chi connectivity index (χ4n) is 2.94. The smallest absolute Gasteiger partial charge is 0.412 e. The van der Waals surface area contributed by atoms with Crippen molar-refractivity contribution in [2.75, 3.05) is 5.32 Å². The van der Waals surface area contributed by atoms with Crippen LogP contribution >= 0.6 is 0 Å². The summed E-state index contributed by atoms with van der Waals surface area (Å²) in [5, 5.41) is 3.42. The van der Waals surface area contributed by atoms with Gasteiger partial charge in [0.2, 0.25) is 10.0 Å². The lowest BCUT2D eigenvalue weighted by Gasteiger charge is -2.27. The van der Waals surface area contributed by atoms with Crippen molar-refractivity contribution < 1.29 is 17.9 Å². The van der Waals surface area contributed by atoms with Gasteiger partial charge in [0.05, 0.1) is 5.52 Å². The van der Waals surface area contributed by atoms with E-state index in [1.54, 1.807) is 70.3 Å². The first-order chi connectivity index (χ1) is 12.5. The molecule has 144 valence electrons. The molecule has 1 aliphatic rings. The van der Waals surface area contributed by atoms with Crippen LogP contribution < -0.4 is 5.32 Å². The largest absolute Gasteiger partial charge is 0.444 e. The van der Waals surface area contributed by atoms with Crippen molar-refractivity contribution in [2.45, 2.75) is 44.5 Å². The van der Waals surface area contributed by atoms with E-state index in [-0.39, 0.29) is 0 Å². The summed E-state index contributed by atoms with van der Waals surface area (Å²) in [6.45, 7) is 7.04. The number of amides is 1. The summed E-state index contributed by atoms with van der Waals surface area (Å²) in [5.41, 5.74) is 0.358. The minimum Gasteiger partial charge on any atom is -0.444 e. The lowest BCUT2D eigenvalue weighted by molar-refractivity contribution is 0.0636. The molecule has 7 heteroatoms. The van der Waals surface area contributed by atoms with Crippen LogP contribution in [0.4, 0.5) is 10.5 Å². The van der Waals surface area contributed by atoms with Crippen LogP contribution in [0.3, 0.4) is 0 Å². The van der Waals surface area contributed by atoms with Gasteiger partial charge in [-0.3, -0.25) is 5.32 Å². The van der Waals surface area contributed by atoms with Crippen LogP contribution in [0.5, 0.6) is 0 Å². The molecule has 1 aromatic heterocycles.